The van der Waals surface area contributed by atoms with Crippen LogP contribution in [0.25, 0.3) is 11.0 Å². The Bertz CT molecular complexity index is 1310. The van der Waals surface area contributed by atoms with Crippen LogP contribution in [0.2, 0.25) is 0 Å². The number of rotatable bonds is 6. The third kappa shape index (κ3) is 4.77. The molecule has 33 heavy (non-hydrogen) atoms. The zero-order chi connectivity index (χ0) is 23.5. The molecule has 0 aliphatic rings. The highest BCUT2D eigenvalue weighted by molar-refractivity contribution is 6.05. The van der Waals surface area contributed by atoms with Gasteiger partial charge in [-0.1, -0.05) is 36.4 Å². The minimum Gasteiger partial charge on any atom is -0.363 e. The summed E-state index contributed by atoms with van der Waals surface area (Å²) < 4.78 is 40.8. The van der Waals surface area contributed by atoms with E-state index in [-0.39, 0.29) is 11.5 Å². The standard InChI is InChI=1S/C24H20F3N5O/c1-13(17-9-6-10-18(20(17)25)21(26)27)29-23-19-11-16(12-28-22(19)30-14(2)31-23)32-24(33)15-7-4-3-5-8-15/h3-13,21H,1-2H3,(H,32,33)(H,28,29,30,31). The average Bonchev–Trinajstić information content (AvgIpc) is 2.79. The molecular weight excluding hydrogens is 431 g/mol. The average molecular weight is 451 g/mol. The van der Waals surface area contributed by atoms with Gasteiger partial charge in [-0.3, -0.25) is 4.79 Å². The molecule has 0 fully saturated rings. The van der Waals surface area contributed by atoms with Gasteiger partial charge in [0.15, 0.2) is 5.65 Å². The first-order valence-corrected chi connectivity index (χ1v) is 10.2. The van der Waals surface area contributed by atoms with Crippen LogP contribution in [-0.4, -0.2) is 20.9 Å². The van der Waals surface area contributed by atoms with Crippen LogP contribution in [0.4, 0.5) is 24.7 Å². The van der Waals surface area contributed by atoms with Crippen LogP contribution in [0.5, 0.6) is 0 Å². The minimum atomic E-state index is -2.92. The first-order valence-electron chi connectivity index (χ1n) is 10.2. The first kappa shape index (κ1) is 22.2. The lowest BCUT2D eigenvalue weighted by Gasteiger charge is -2.18. The van der Waals surface area contributed by atoms with Gasteiger partial charge in [0.1, 0.15) is 17.5 Å². The topological polar surface area (TPSA) is 79.8 Å². The fraction of sp³-hybridized carbons (Fsp3) is 0.167. The Balaban J connectivity index is 1.67. The lowest BCUT2D eigenvalue weighted by atomic mass is 10.0. The van der Waals surface area contributed by atoms with Crippen LogP contribution >= 0.6 is 0 Å². The number of anilines is 2. The summed E-state index contributed by atoms with van der Waals surface area (Å²) in [4.78, 5) is 25.5. The monoisotopic (exact) mass is 451 g/mol. The van der Waals surface area contributed by atoms with E-state index in [4.69, 9.17) is 0 Å². The molecule has 0 saturated heterocycles. The third-order valence-electron chi connectivity index (χ3n) is 5.07. The molecule has 0 spiro atoms. The molecule has 4 rings (SSSR count). The summed E-state index contributed by atoms with van der Waals surface area (Å²) in [5.41, 5.74) is 0.706. The summed E-state index contributed by atoms with van der Waals surface area (Å²) in [6.07, 6.45) is -1.44. The molecule has 168 valence electrons. The van der Waals surface area contributed by atoms with Gasteiger partial charge in [-0.05, 0) is 32.0 Å². The lowest BCUT2D eigenvalue weighted by Crippen LogP contribution is -2.14. The number of hydrogen-bond acceptors (Lipinski definition) is 5. The molecule has 6 nitrogen and oxygen atoms in total. The Morgan fingerprint density at radius 1 is 1.00 bits per heavy atom. The van der Waals surface area contributed by atoms with Gasteiger partial charge < -0.3 is 10.6 Å². The number of carbonyl (C=O) groups excluding carboxylic acids is 1. The maximum absolute atomic E-state index is 14.6. The Morgan fingerprint density at radius 2 is 1.73 bits per heavy atom. The van der Waals surface area contributed by atoms with E-state index < -0.39 is 23.8 Å². The summed E-state index contributed by atoms with van der Waals surface area (Å²) in [5.74, 6) is -0.502. The van der Waals surface area contributed by atoms with Crippen LogP contribution in [0.1, 0.15) is 46.7 Å². The number of hydrogen-bond donors (Lipinski definition) is 2. The molecule has 0 radical (unpaired) electrons. The molecule has 2 heterocycles. The van der Waals surface area contributed by atoms with Crippen molar-refractivity contribution < 1.29 is 18.0 Å². The van der Waals surface area contributed by atoms with Crippen molar-refractivity contribution in [1.29, 1.82) is 0 Å². The third-order valence-corrected chi connectivity index (χ3v) is 5.07. The van der Waals surface area contributed by atoms with Gasteiger partial charge >= 0.3 is 0 Å². The number of alkyl halides is 2. The van der Waals surface area contributed by atoms with Crippen LogP contribution < -0.4 is 10.6 Å². The van der Waals surface area contributed by atoms with E-state index in [0.717, 1.165) is 6.07 Å². The second-order valence-corrected chi connectivity index (χ2v) is 7.45. The Morgan fingerprint density at radius 3 is 2.45 bits per heavy atom. The van der Waals surface area contributed by atoms with E-state index in [2.05, 4.69) is 25.6 Å². The van der Waals surface area contributed by atoms with Crippen LogP contribution in [0.15, 0.2) is 60.8 Å². The molecular formula is C24H20F3N5O. The van der Waals surface area contributed by atoms with Crippen molar-refractivity contribution in [1.82, 2.24) is 15.0 Å². The van der Waals surface area contributed by atoms with E-state index in [1.807, 2.05) is 6.07 Å². The van der Waals surface area contributed by atoms with E-state index in [1.165, 1.54) is 18.3 Å². The number of nitrogens with zero attached hydrogens (tertiary/aromatic N) is 3. The van der Waals surface area contributed by atoms with Crippen molar-refractivity contribution in [3.63, 3.8) is 0 Å². The van der Waals surface area contributed by atoms with Crippen molar-refractivity contribution in [3.05, 3.63) is 89.1 Å². The van der Waals surface area contributed by atoms with Crippen molar-refractivity contribution in [2.24, 2.45) is 0 Å². The molecule has 2 aromatic carbocycles. The summed E-state index contributed by atoms with van der Waals surface area (Å²) in [6, 6.07) is 13.6. The fourth-order valence-corrected chi connectivity index (χ4v) is 3.45. The highest BCUT2D eigenvalue weighted by atomic mass is 19.3. The first-order chi connectivity index (χ1) is 15.8. The molecule has 0 aliphatic carbocycles. The number of fused-ring (bicyclic) bond motifs is 1. The Labute approximate surface area is 187 Å². The van der Waals surface area contributed by atoms with E-state index >= 15 is 0 Å². The molecule has 2 aromatic heterocycles. The molecule has 0 aliphatic heterocycles. The zero-order valence-electron chi connectivity index (χ0n) is 17.8. The molecule has 9 heteroatoms. The van der Waals surface area contributed by atoms with Gasteiger partial charge in [-0.15, -0.1) is 0 Å². The van der Waals surface area contributed by atoms with Gasteiger partial charge in [-0.2, -0.15) is 0 Å². The number of aryl methyl sites for hydroxylation is 1. The number of benzene rings is 2. The second kappa shape index (κ2) is 9.23. The normalized spacial score (nSPS) is 12.1. The second-order valence-electron chi connectivity index (χ2n) is 7.45. The molecule has 4 aromatic rings. The zero-order valence-corrected chi connectivity index (χ0v) is 17.8. The van der Waals surface area contributed by atoms with Gasteiger partial charge in [0, 0.05) is 11.1 Å². The summed E-state index contributed by atoms with van der Waals surface area (Å²) >= 11 is 0. The number of pyridine rings is 1. The predicted molar refractivity (Wildman–Crippen MR) is 120 cm³/mol. The highest BCUT2D eigenvalue weighted by Crippen LogP contribution is 2.30. The van der Waals surface area contributed by atoms with Crippen molar-refractivity contribution in [2.45, 2.75) is 26.3 Å². The summed E-state index contributed by atoms with van der Waals surface area (Å²) in [6.45, 7) is 3.32. The maximum atomic E-state index is 14.6. The molecule has 1 amide bonds. The number of aromatic nitrogens is 3. The largest absolute Gasteiger partial charge is 0.363 e. The van der Waals surface area contributed by atoms with Crippen molar-refractivity contribution in [2.75, 3.05) is 10.6 Å². The predicted octanol–water partition coefficient (Wildman–Crippen LogP) is 5.84. The quantitative estimate of drug-likeness (QED) is 0.385. The molecule has 0 bridgehead atoms. The molecule has 0 saturated carbocycles. The van der Waals surface area contributed by atoms with Crippen LogP contribution in [0, 0.1) is 12.7 Å². The molecule has 2 N–H and O–H groups in total. The van der Waals surface area contributed by atoms with E-state index in [9.17, 15) is 18.0 Å². The van der Waals surface area contributed by atoms with Crippen molar-refractivity contribution >= 4 is 28.4 Å². The highest BCUT2D eigenvalue weighted by Gasteiger charge is 2.20. The van der Waals surface area contributed by atoms with Gasteiger partial charge in [0.05, 0.1) is 28.9 Å². The Hall–Kier alpha value is -4.01. The van der Waals surface area contributed by atoms with Gasteiger partial charge in [0.2, 0.25) is 0 Å². The molecule has 1 atom stereocenters. The maximum Gasteiger partial charge on any atom is 0.266 e. The number of nitrogens with one attached hydrogen (secondary N) is 2. The smallest absolute Gasteiger partial charge is 0.266 e. The number of amides is 1. The van der Waals surface area contributed by atoms with Gasteiger partial charge in [-0.25, -0.2) is 28.1 Å². The van der Waals surface area contributed by atoms with Crippen LogP contribution in [0.3, 0.4) is 0 Å². The number of carbonyl (C=O) groups is 1. The lowest BCUT2D eigenvalue weighted by molar-refractivity contribution is 0.102. The van der Waals surface area contributed by atoms with Crippen LogP contribution in [-0.2, 0) is 0 Å². The minimum absolute atomic E-state index is 0.0821. The van der Waals surface area contributed by atoms with E-state index in [0.29, 0.717) is 33.9 Å². The summed E-state index contributed by atoms with van der Waals surface area (Å²) in [7, 11) is 0. The molecule has 1 unspecified atom stereocenters. The van der Waals surface area contributed by atoms with Gasteiger partial charge in [0.25, 0.3) is 12.3 Å². The Kier molecular flexibility index (Phi) is 6.21. The van der Waals surface area contributed by atoms with E-state index in [1.54, 1.807) is 44.2 Å². The SMILES string of the molecule is Cc1nc(NC(C)c2cccc(C(F)F)c2F)c2cc(NC(=O)c3ccccc3)cnc2n1. The fourth-order valence-electron chi connectivity index (χ4n) is 3.45. The van der Waals surface area contributed by atoms with Crippen molar-refractivity contribution in [3.8, 4) is 0 Å². The summed E-state index contributed by atoms with van der Waals surface area (Å²) in [5, 5.41) is 6.34. The number of halogens is 3.